The van der Waals surface area contributed by atoms with E-state index in [0.29, 0.717) is 17.1 Å². The number of carbonyl (C=O) groups excluding carboxylic acids is 2. The molecule has 0 saturated carbocycles. The van der Waals surface area contributed by atoms with E-state index in [9.17, 15) is 9.59 Å². The van der Waals surface area contributed by atoms with Crippen molar-refractivity contribution in [3.8, 4) is 22.6 Å². The van der Waals surface area contributed by atoms with Crippen LogP contribution >= 0.6 is 11.6 Å². The van der Waals surface area contributed by atoms with Gasteiger partial charge in [0.1, 0.15) is 11.5 Å². The molecule has 4 aromatic carbocycles. The highest BCUT2D eigenvalue weighted by Gasteiger charge is 2.17. The summed E-state index contributed by atoms with van der Waals surface area (Å²) in [6, 6.07) is 31.5. The Hall–Kier alpha value is -4.35. The number of fused-ring (bicyclic) bond motifs is 1. The Labute approximate surface area is 226 Å². The molecule has 0 radical (unpaired) electrons. The molecule has 0 aliphatic heterocycles. The second-order valence-corrected chi connectivity index (χ2v) is 9.38. The minimum Gasteiger partial charge on any atom is -0.469 e. The number of Topliss-reactive ketones (excluding diaryl/α,β-unsaturated/α-hetero) is 1. The molecule has 0 amide bonds. The van der Waals surface area contributed by atoms with E-state index in [1.54, 1.807) is 6.07 Å². The van der Waals surface area contributed by atoms with Crippen LogP contribution in [-0.2, 0) is 16.1 Å². The Balaban J connectivity index is 1.40. The Bertz CT molecular complexity index is 1590. The number of rotatable bonds is 9. The summed E-state index contributed by atoms with van der Waals surface area (Å²) < 4.78 is 12.9. The van der Waals surface area contributed by atoms with Crippen molar-refractivity contribution in [1.29, 1.82) is 0 Å². The van der Waals surface area contributed by atoms with Crippen molar-refractivity contribution >= 4 is 34.3 Å². The van der Waals surface area contributed by atoms with Crippen molar-refractivity contribution < 1.29 is 19.1 Å². The highest BCUT2D eigenvalue weighted by atomic mass is 35.5. The molecule has 190 valence electrons. The number of nitrogens with zero attached hydrogens (tertiary/aromatic N) is 1. The maximum atomic E-state index is 12.9. The molecule has 0 aliphatic carbocycles. The average molecular weight is 524 g/mol. The van der Waals surface area contributed by atoms with Crippen molar-refractivity contribution in [2.24, 2.45) is 0 Å². The third-order valence-corrected chi connectivity index (χ3v) is 6.64. The fraction of sp³-hybridized carbons (Fsp3) is 0.125. The zero-order valence-electron chi connectivity index (χ0n) is 20.9. The first-order chi connectivity index (χ1) is 18.5. The van der Waals surface area contributed by atoms with Gasteiger partial charge in [0.25, 0.3) is 0 Å². The van der Waals surface area contributed by atoms with Gasteiger partial charge in [-0.1, -0.05) is 72.3 Å². The molecule has 0 aliphatic rings. The van der Waals surface area contributed by atoms with Gasteiger partial charge in [-0.2, -0.15) is 0 Å². The summed E-state index contributed by atoms with van der Waals surface area (Å²) in [6.07, 6.45) is 1.97. The lowest BCUT2D eigenvalue weighted by molar-refractivity contribution is -0.140. The average Bonchev–Trinajstić information content (AvgIpc) is 3.30. The van der Waals surface area contributed by atoms with Crippen molar-refractivity contribution in [3.05, 3.63) is 119 Å². The molecule has 0 fully saturated rings. The number of halogens is 1. The van der Waals surface area contributed by atoms with Gasteiger partial charge in [0, 0.05) is 46.2 Å². The summed E-state index contributed by atoms with van der Waals surface area (Å²) in [5.41, 5.74) is 4.58. The molecule has 38 heavy (non-hydrogen) atoms. The monoisotopic (exact) mass is 523 g/mol. The minimum atomic E-state index is -0.407. The van der Waals surface area contributed by atoms with Gasteiger partial charge in [-0.15, -0.1) is 0 Å². The van der Waals surface area contributed by atoms with Crippen LogP contribution in [0.15, 0.2) is 103 Å². The van der Waals surface area contributed by atoms with E-state index in [2.05, 4.69) is 29.0 Å². The SMILES string of the molecule is COC(=O)CCC(=O)c1cn(Cc2ccc(-c3ccccc3Oc3ccccc3)cc2)c2ccc(Cl)cc12. The summed E-state index contributed by atoms with van der Waals surface area (Å²) in [5.74, 6) is 1.05. The smallest absolute Gasteiger partial charge is 0.305 e. The predicted molar refractivity (Wildman–Crippen MR) is 150 cm³/mol. The van der Waals surface area contributed by atoms with Crippen LogP contribution in [-0.4, -0.2) is 23.4 Å². The van der Waals surface area contributed by atoms with Gasteiger partial charge in [0.15, 0.2) is 5.78 Å². The van der Waals surface area contributed by atoms with Crippen molar-refractivity contribution in [3.63, 3.8) is 0 Å². The first-order valence-corrected chi connectivity index (χ1v) is 12.7. The van der Waals surface area contributed by atoms with Gasteiger partial charge in [-0.25, -0.2) is 0 Å². The van der Waals surface area contributed by atoms with E-state index < -0.39 is 5.97 Å². The number of ketones is 1. The highest BCUT2D eigenvalue weighted by molar-refractivity contribution is 6.31. The Morgan fingerprint density at radius 2 is 1.58 bits per heavy atom. The van der Waals surface area contributed by atoms with Gasteiger partial charge in [0.05, 0.1) is 13.5 Å². The Kier molecular flexibility index (Phi) is 7.57. The summed E-state index contributed by atoms with van der Waals surface area (Å²) in [5, 5.41) is 1.33. The zero-order valence-corrected chi connectivity index (χ0v) is 21.7. The van der Waals surface area contributed by atoms with Gasteiger partial charge < -0.3 is 14.0 Å². The largest absolute Gasteiger partial charge is 0.469 e. The number of carbonyl (C=O) groups is 2. The molecular formula is C32H26ClNO4. The van der Waals surface area contributed by atoms with Gasteiger partial charge in [0.2, 0.25) is 0 Å². The van der Waals surface area contributed by atoms with Crippen molar-refractivity contribution in [2.75, 3.05) is 7.11 Å². The van der Waals surface area contributed by atoms with Crippen LogP contribution in [0, 0.1) is 0 Å². The zero-order chi connectivity index (χ0) is 26.5. The maximum Gasteiger partial charge on any atom is 0.305 e. The van der Waals surface area contributed by atoms with Crippen LogP contribution < -0.4 is 4.74 Å². The molecule has 5 rings (SSSR count). The number of esters is 1. The standard InChI is InChI=1S/C32H26ClNO4/c1-37-32(36)18-17-30(35)28-21-34(29-16-15-24(33)19-27(28)29)20-22-11-13-23(14-12-22)26-9-5-6-10-31(26)38-25-7-3-2-4-8-25/h2-16,19,21H,17-18,20H2,1H3. The van der Waals surface area contributed by atoms with E-state index in [4.69, 9.17) is 16.3 Å². The summed E-state index contributed by atoms with van der Waals surface area (Å²) >= 11 is 6.25. The number of benzene rings is 4. The quantitative estimate of drug-likeness (QED) is 0.145. The fourth-order valence-corrected chi connectivity index (χ4v) is 4.64. The number of para-hydroxylation sites is 2. The molecule has 5 aromatic rings. The van der Waals surface area contributed by atoms with Crippen LogP contribution in [0.1, 0.15) is 28.8 Å². The Morgan fingerprint density at radius 3 is 2.34 bits per heavy atom. The topological polar surface area (TPSA) is 57.5 Å². The lowest BCUT2D eigenvalue weighted by Gasteiger charge is -2.12. The minimum absolute atomic E-state index is 0.0412. The molecule has 0 N–H and O–H groups in total. The van der Waals surface area contributed by atoms with Crippen LogP contribution in [0.4, 0.5) is 0 Å². The summed E-state index contributed by atoms with van der Waals surface area (Å²) in [6.45, 7) is 0.574. The molecule has 5 nitrogen and oxygen atoms in total. The van der Waals surface area contributed by atoms with Crippen LogP contribution in [0.25, 0.3) is 22.0 Å². The van der Waals surface area contributed by atoms with Crippen molar-refractivity contribution in [1.82, 2.24) is 4.57 Å². The molecule has 0 spiro atoms. The van der Waals surface area contributed by atoms with E-state index >= 15 is 0 Å². The molecule has 0 unspecified atom stereocenters. The maximum absolute atomic E-state index is 12.9. The first kappa shape index (κ1) is 25.3. The van der Waals surface area contributed by atoms with E-state index in [1.165, 1.54) is 7.11 Å². The van der Waals surface area contributed by atoms with Crippen LogP contribution in [0.2, 0.25) is 5.02 Å². The van der Waals surface area contributed by atoms with Gasteiger partial charge in [-0.05, 0) is 47.5 Å². The molecule has 0 atom stereocenters. The highest BCUT2D eigenvalue weighted by Crippen LogP contribution is 2.34. The van der Waals surface area contributed by atoms with Crippen LogP contribution in [0.5, 0.6) is 11.5 Å². The number of methoxy groups -OCH3 is 1. The lowest BCUT2D eigenvalue weighted by atomic mass is 10.0. The number of hydrogen-bond donors (Lipinski definition) is 0. The van der Waals surface area contributed by atoms with E-state index in [1.807, 2.05) is 77.5 Å². The number of hydrogen-bond acceptors (Lipinski definition) is 4. The third kappa shape index (κ3) is 5.63. The van der Waals surface area contributed by atoms with Gasteiger partial charge >= 0.3 is 5.97 Å². The van der Waals surface area contributed by atoms with Gasteiger partial charge in [-0.3, -0.25) is 9.59 Å². The molecule has 6 heteroatoms. The molecular weight excluding hydrogens is 498 g/mol. The number of aromatic nitrogens is 1. The Morgan fingerprint density at radius 1 is 0.842 bits per heavy atom. The van der Waals surface area contributed by atoms with Crippen molar-refractivity contribution in [2.45, 2.75) is 19.4 Å². The molecule has 1 heterocycles. The molecule has 0 bridgehead atoms. The first-order valence-electron chi connectivity index (χ1n) is 12.3. The second kappa shape index (κ2) is 11.4. The molecule has 0 saturated heterocycles. The molecule has 1 aromatic heterocycles. The lowest BCUT2D eigenvalue weighted by Crippen LogP contribution is -2.06. The van der Waals surface area contributed by atoms with E-state index in [0.717, 1.165) is 39.1 Å². The number of ether oxygens (including phenoxy) is 2. The second-order valence-electron chi connectivity index (χ2n) is 8.94. The third-order valence-electron chi connectivity index (χ3n) is 6.40. The summed E-state index contributed by atoms with van der Waals surface area (Å²) in [7, 11) is 1.32. The normalized spacial score (nSPS) is 10.9. The predicted octanol–water partition coefficient (Wildman–Crippen LogP) is 7.94. The van der Waals surface area contributed by atoms with Crippen LogP contribution in [0.3, 0.4) is 0 Å². The van der Waals surface area contributed by atoms with E-state index in [-0.39, 0.29) is 18.6 Å². The fourth-order valence-electron chi connectivity index (χ4n) is 4.47. The summed E-state index contributed by atoms with van der Waals surface area (Å²) in [4.78, 5) is 24.5.